The van der Waals surface area contributed by atoms with Crippen molar-refractivity contribution in [1.82, 2.24) is 4.90 Å². The fraction of sp³-hybridized carbons (Fsp3) is 0.310. The van der Waals surface area contributed by atoms with Crippen molar-refractivity contribution < 1.29 is 9.59 Å². The van der Waals surface area contributed by atoms with Crippen LogP contribution in [0.15, 0.2) is 66.7 Å². The Hall–Kier alpha value is -3.80. The van der Waals surface area contributed by atoms with Crippen molar-refractivity contribution in [2.45, 2.75) is 39.7 Å². The van der Waals surface area contributed by atoms with Crippen LogP contribution in [0.2, 0.25) is 0 Å². The molecule has 3 aromatic carbocycles. The number of amides is 3. The van der Waals surface area contributed by atoms with Crippen LogP contribution >= 0.6 is 0 Å². The average Bonchev–Trinajstić information content (AvgIpc) is 2.84. The van der Waals surface area contributed by atoms with Gasteiger partial charge in [0.05, 0.1) is 0 Å². The molecule has 1 aliphatic heterocycles. The lowest BCUT2D eigenvalue weighted by atomic mass is 9.92. The molecule has 0 saturated carbocycles. The van der Waals surface area contributed by atoms with Gasteiger partial charge in [0.15, 0.2) is 0 Å². The number of carbonyl (C=O) groups excluding carboxylic acids is 2. The van der Waals surface area contributed by atoms with Crippen LogP contribution < -0.4 is 16.0 Å². The van der Waals surface area contributed by atoms with Gasteiger partial charge in [0.1, 0.15) is 0 Å². The van der Waals surface area contributed by atoms with Gasteiger partial charge < -0.3 is 20.9 Å². The van der Waals surface area contributed by atoms with E-state index in [9.17, 15) is 9.59 Å². The Morgan fingerprint density at radius 3 is 2.26 bits per heavy atom. The van der Waals surface area contributed by atoms with Gasteiger partial charge >= 0.3 is 6.03 Å². The van der Waals surface area contributed by atoms with Gasteiger partial charge in [-0.3, -0.25) is 4.79 Å². The Morgan fingerprint density at radius 2 is 1.66 bits per heavy atom. The van der Waals surface area contributed by atoms with Crippen LogP contribution in [0.4, 0.5) is 16.2 Å². The van der Waals surface area contributed by atoms with E-state index in [1.807, 2.05) is 49.4 Å². The Balaban J connectivity index is 1.51. The number of piperazine rings is 1. The molecule has 3 N–H and O–H groups in total. The van der Waals surface area contributed by atoms with Gasteiger partial charge in [-0.1, -0.05) is 50.2 Å². The van der Waals surface area contributed by atoms with E-state index in [4.69, 9.17) is 5.73 Å². The largest absolute Gasteiger partial charge is 0.365 e. The number of primary amides is 1. The van der Waals surface area contributed by atoms with E-state index in [0.29, 0.717) is 24.6 Å². The van der Waals surface area contributed by atoms with E-state index in [-0.39, 0.29) is 18.0 Å². The molecule has 0 radical (unpaired) electrons. The maximum absolute atomic E-state index is 13.3. The second kappa shape index (κ2) is 10.2. The molecule has 0 aliphatic carbocycles. The molecule has 35 heavy (non-hydrogen) atoms. The van der Waals surface area contributed by atoms with Crippen molar-refractivity contribution >= 4 is 23.3 Å². The van der Waals surface area contributed by atoms with Crippen molar-refractivity contribution in [1.29, 1.82) is 0 Å². The molecule has 6 nitrogen and oxygen atoms in total. The van der Waals surface area contributed by atoms with Crippen molar-refractivity contribution in [3.63, 3.8) is 0 Å². The number of hydrogen-bond acceptors (Lipinski definition) is 3. The molecule has 1 aliphatic rings. The lowest BCUT2D eigenvalue weighted by molar-refractivity contribution is 0.102. The molecule has 1 unspecified atom stereocenters. The second-order valence-electron chi connectivity index (χ2n) is 9.60. The highest BCUT2D eigenvalue weighted by atomic mass is 16.2. The topological polar surface area (TPSA) is 78.7 Å². The number of hydrogen-bond donors (Lipinski definition) is 2. The Bertz CT molecular complexity index is 1200. The maximum Gasteiger partial charge on any atom is 0.314 e. The molecule has 1 heterocycles. The Kier molecular flexibility index (Phi) is 7.10. The summed E-state index contributed by atoms with van der Waals surface area (Å²) in [6, 6.07) is 22.0. The number of nitrogens with one attached hydrogen (secondary N) is 1. The predicted octanol–water partition coefficient (Wildman–Crippen LogP) is 5.63. The van der Waals surface area contributed by atoms with Crippen LogP contribution in [0.5, 0.6) is 0 Å². The van der Waals surface area contributed by atoms with Crippen LogP contribution in [0.3, 0.4) is 0 Å². The highest BCUT2D eigenvalue weighted by Crippen LogP contribution is 2.30. The fourth-order valence-electron chi connectivity index (χ4n) is 4.75. The summed E-state index contributed by atoms with van der Waals surface area (Å²) in [5.41, 5.74) is 12.2. The zero-order valence-electron chi connectivity index (χ0n) is 20.9. The molecule has 182 valence electrons. The summed E-state index contributed by atoms with van der Waals surface area (Å²) in [6.07, 6.45) is 0. The van der Waals surface area contributed by atoms with Crippen molar-refractivity contribution in [3.05, 3.63) is 83.4 Å². The zero-order valence-corrected chi connectivity index (χ0v) is 20.9. The quantitative estimate of drug-likeness (QED) is 0.507. The van der Waals surface area contributed by atoms with Gasteiger partial charge in [-0.05, 0) is 72.4 Å². The number of nitrogens with zero attached hydrogens (tertiary/aromatic N) is 2. The van der Waals surface area contributed by atoms with E-state index in [1.165, 1.54) is 5.56 Å². The number of rotatable bonds is 5. The SMILES string of the molecule is Cc1cccc(C(=O)Nc2ccc(N3CCN(C(N)=O)CC3C)cc2)c1-c1ccc(C(C)C)cc1. The maximum atomic E-state index is 13.3. The van der Waals surface area contributed by atoms with E-state index in [2.05, 4.69) is 55.3 Å². The molecular formula is C29H34N4O2. The standard InChI is InChI=1S/C29H34N4O2/c1-19(2)22-8-10-23(11-9-22)27-20(3)6-5-7-26(27)28(34)31-24-12-14-25(15-13-24)33-17-16-32(29(30)35)18-21(33)4/h5-15,19,21H,16-18H2,1-4H3,(H2,30,35)(H,31,34). The molecule has 1 atom stereocenters. The minimum atomic E-state index is -0.374. The lowest BCUT2D eigenvalue weighted by Gasteiger charge is -2.40. The van der Waals surface area contributed by atoms with Crippen LogP contribution in [0.25, 0.3) is 11.1 Å². The molecule has 1 fully saturated rings. The summed E-state index contributed by atoms with van der Waals surface area (Å²) in [4.78, 5) is 28.7. The summed E-state index contributed by atoms with van der Waals surface area (Å²) in [6.45, 7) is 10.4. The molecular weight excluding hydrogens is 436 g/mol. The number of aryl methyl sites for hydroxylation is 1. The second-order valence-corrected chi connectivity index (χ2v) is 9.60. The van der Waals surface area contributed by atoms with Crippen LogP contribution in [-0.4, -0.2) is 42.5 Å². The normalized spacial score (nSPS) is 15.9. The third-order valence-corrected chi connectivity index (χ3v) is 6.78. The molecule has 3 amide bonds. The first-order valence-corrected chi connectivity index (χ1v) is 12.2. The highest BCUT2D eigenvalue weighted by molar-refractivity contribution is 6.09. The summed E-state index contributed by atoms with van der Waals surface area (Å²) in [7, 11) is 0. The first-order chi connectivity index (χ1) is 16.7. The Labute approximate surface area is 207 Å². The minimum Gasteiger partial charge on any atom is -0.365 e. The summed E-state index contributed by atoms with van der Waals surface area (Å²) in [5, 5.41) is 3.06. The number of urea groups is 1. The van der Waals surface area contributed by atoms with E-state index >= 15 is 0 Å². The van der Waals surface area contributed by atoms with Gasteiger partial charge in [-0.2, -0.15) is 0 Å². The third-order valence-electron chi connectivity index (χ3n) is 6.78. The van der Waals surface area contributed by atoms with Gasteiger partial charge in [0, 0.05) is 42.6 Å². The molecule has 0 spiro atoms. The van der Waals surface area contributed by atoms with Gasteiger partial charge in [-0.15, -0.1) is 0 Å². The van der Waals surface area contributed by atoms with Crippen molar-refractivity contribution in [3.8, 4) is 11.1 Å². The smallest absolute Gasteiger partial charge is 0.314 e. The zero-order chi connectivity index (χ0) is 25.1. The first-order valence-electron chi connectivity index (χ1n) is 12.2. The number of carbonyl (C=O) groups is 2. The summed E-state index contributed by atoms with van der Waals surface area (Å²) in [5.74, 6) is 0.328. The number of benzene rings is 3. The number of anilines is 2. The van der Waals surface area contributed by atoms with Gasteiger partial charge in [-0.25, -0.2) is 4.79 Å². The third kappa shape index (κ3) is 5.32. The molecule has 0 bridgehead atoms. The number of nitrogens with two attached hydrogens (primary N) is 1. The molecule has 3 aromatic rings. The first kappa shape index (κ1) is 24.3. The van der Waals surface area contributed by atoms with Crippen LogP contribution in [0, 0.1) is 6.92 Å². The molecule has 4 rings (SSSR count). The van der Waals surface area contributed by atoms with Crippen molar-refractivity contribution in [2.75, 3.05) is 29.9 Å². The van der Waals surface area contributed by atoms with Crippen LogP contribution in [-0.2, 0) is 0 Å². The van der Waals surface area contributed by atoms with Gasteiger partial charge in [0.2, 0.25) is 0 Å². The van der Waals surface area contributed by atoms with Gasteiger partial charge in [0.25, 0.3) is 5.91 Å². The Morgan fingerprint density at radius 1 is 0.971 bits per heavy atom. The van der Waals surface area contributed by atoms with Crippen LogP contribution in [0.1, 0.15) is 48.2 Å². The minimum absolute atomic E-state index is 0.132. The predicted molar refractivity (Wildman–Crippen MR) is 143 cm³/mol. The summed E-state index contributed by atoms with van der Waals surface area (Å²) >= 11 is 0. The van der Waals surface area contributed by atoms with E-state index in [1.54, 1.807) is 4.90 Å². The monoisotopic (exact) mass is 470 g/mol. The lowest BCUT2D eigenvalue weighted by Crippen LogP contribution is -2.55. The highest BCUT2D eigenvalue weighted by Gasteiger charge is 2.25. The fourth-order valence-corrected chi connectivity index (χ4v) is 4.75. The summed E-state index contributed by atoms with van der Waals surface area (Å²) < 4.78 is 0. The molecule has 0 aromatic heterocycles. The molecule has 6 heteroatoms. The average molecular weight is 471 g/mol. The van der Waals surface area contributed by atoms with E-state index in [0.717, 1.165) is 34.6 Å². The van der Waals surface area contributed by atoms with Crippen molar-refractivity contribution in [2.24, 2.45) is 5.73 Å². The molecule has 1 saturated heterocycles. The van der Waals surface area contributed by atoms with E-state index < -0.39 is 0 Å².